The van der Waals surface area contributed by atoms with E-state index in [0.29, 0.717) is 41.2 Å². The first-order valence-electron chi connectivity index (χ1n) is 13.9. The molecule has 1 fully saturated rings. The molecule has 0 aliphatic carbocycles. The molecule has 1 saturated heterocycles. The van der Waals surface area contributed by atoms with E-state index >= 15 is 0 Å². The van der Waals surface area contributed by atoms with Crippen LogP contribution in [-0.4, -0.2) is 42.4 Å². The second-order valence-corrected chi connectivity index (χ2v) is 11.2. The van der Waals surface area contributed by atoms with E-state index in [1.54, 1.807) is 13.2 Å². The Hall–Kier alpha value is -4.37. The summed E-state index contributed by atoms with van der Waals surface area (Å²) in [6, 6.07) is 18.7. The highest BCUT2D eigenvalue weighted by Gasteiger charge is 2.19. The average Bonchev–Trinajstić information content (AvgIpc) is 3.46. The number of fused-ring (bicyclic) bond motifs is 1. The fraction of sp³-hybridized carbons (Fsp3) is 0.344. The van der Waals surface area contributed by atoms with E-state index in [1.807, 2.05) is 61.5 Å². The molecule has 0 saturated carbocycles. The minimum absolute atomic E-state index is 0.0748. The Kier molecular flexibility index (Phi) is 8.26. The van der Waals surface area contributed by atoms with Crippen LogP contribution in [0.5, 0.6) is 17.4 Å². The molecule has 3 aromatic carbocycles. The predicted octanol–water partition coefficient (Wildman–Crippen LogP) is 7.27. The summed E-state index contributed by atoms with van der Waals surface area (Å²) in [6.07, 6.45) is 2.28. The van der Waals surface area contributed by atoms with E-state index in [-0.39, 0.29) is 17.6 Å². The topological polar surface area (TPSA) is 107 Å². The van der Waals surface area contributed by atoms with Crippen LogP contribution in [0.3, 0.4) is 0 Å². The summed E-state index contributed by atoms with van der Waals surface area (Å²) in [6.45, 7) is 9.73. The van der Waals surface area contributed by atoms with Crippen LogP contribution in [0.1, 0.15) is 44.9 Å². The van der Waals surface area contributed by atoms with Crippen molar-refractivity contribution in [1.82, 2.24) is 9.97 Å². The number of nitrogens with zero attached hydrogens (tertiary/aromatic N) is 2. The zero-order chi connectivity index (χ0) is 29.0. The van der Waals surface area contributed by atoms with Crippen LogP contribution in [0.2, 0.25) is 0 Å². The van der Waals surface area contributed by atoms with Gasteiger partial charge in [0.15, 0.2) is 0 Å². The largest absolute Gasteiger partial charge is 0.495 e. The van der Waals surface area contributed by atoms with Crippen LogP contribution in [0, 0.1) is 6.92 Å². The molecule has 0 radical (unpaired) electrons. The third-order valence-electron chi connectivity index (χ3n) is 7.00. The number of ether oxygens (including phenoxy) is 3. The van der Waals surface area contributed by atoms with Gasteiger partial charge in [-0.05, 0) is 55.0 Å². The highest BCUT2D eigenvalue weighted by molar-refractivity contribution is 6.08. The lowest BCUT2D eigenvalue weighted by atomic mass is 9.87. The highest BCUT2D eigenvalue weighted by Crippen LogP contribution is 2.35. The maximum atomic E-state index is 13.1. The zero-order valence-corrected chi connectivity index (χ0v) is 24.2. The van der Waals surface area contributed by atoms with Crippen molar-refractivity contribution in [1.29, 1.82) is 0 Å². The van der Waals surface area contributed by atoms with Crippen molar-refractivity contribution in [2.24, 2.45) is 0 Å². The number of aryl methyl sites for hydroxylation is 1. The van der Waals surface area contributed by atoms with E-state index in [9.17, 15) is 4.79 Å². The molecule has 4 aromatic rings. The number of methoxy groups -OCH3 is 1. The number of urea groups is 1. The number of rotatable bonds is 8. The number of anilines is 3. The van der Waals surface area contributed by atoms with Gasteiger partial charge in [-0.15, -0.1) is 0 Å². The molecule has 1 aliphatic rings. The molecule has 214 valence electrons. The van der Waals surface area contributed by atoms with E-state index in [0.717, 1.165) is 41.5 Å². The molecule has 9 nitrogen and oxygen atoms in total. The quantitative estimate of drug-likeness (QED) is 0.210. The number of carbonyl (C=O) groups excluding carboxylic acids is 1. The van der Waals surface area contributed by atoms with Gasteiger partial charge >= 0.3 is 6.03 Å². The lowest BCUT2D eigenvalue weighted by molar-refractivity contribution is 0.120. The maximum Gasteiger partial charge on any atom is 0.323 e. The molecule has 3 N–H and O–H groups in total. The SMILES string of the molecule is COc1ccc(C(C)(C)C)cc1NC(=O)Nc1ccc(Oc2cc(C)nc(NCC3CCCO3)n2)c2ccccc12. The molecule has 0 bridgehead atoms. The molecule has 1 atom stereocenters. The van der Waals surface area contributed by atoms with Gasteiger partial charge in [-0.1, -0.05) is 51.1 Å². The Morgan fingerprint density at radius 3 is 2.46 bits per heavy atom. The molecule has 2 amide bonds. The van der Waals surface area contributed by atoms with Crippen molar-refractivity contribution in [3.8, 4) is 17.4 Å². The normalized spacial score (nSPS) is 15.0. The predicted molar refractivity (Wildman–Crippen MR) is 163 cm³/mol. The van der Waals surface area contributed by atoms with Gasteiger partial charge < -0.3 is 30.2 Å². The highest BCUT2D eigenvalue weighted by atomic mass is 16.5. The standard InChI is InChI=1S/C32H37N5O4/c1-20-17-29(37-30(34-20)33-19-22-9-8-16-40-22)41-27-15-13-25(23-10-6-7-11-24(23)27)35-31(38)36-26-18-21(32(2,3)4)12-14-28(26)39-5/h6-7,10-15,17-18,22H,8-9,16,19H2,1-5H3,(H,33,34,37)(H2,35,36,38). The average molecular weight is 556 g/mol. The van der Waals surface area contributed by atoms with E-state index in [4.69, 9.17) is 14.2 Å². The number of hydrogen-bond donors (Lipinski definition) is 3. The van der Waals surface area contributed by atoms with Gasteiger partial charge in [-0.3, -0.25) is 0 Å². The zero-order valence-electron chi connectivity index (χ0n) is 24.2. The molecule has 1 aliphatic heterocycles. The van der Waals surface area contributed by atoms with Gasteiger partial charge in [0.2, 0.25) is 11.8 Å². The molecule has 5 rings (SSSR count). The Bertz CT molecular complexity index is 1540. The van der Waals surface area contributed by atoms with Gasteiger partial charge in [0.1, 0.15) is 11.5 Å². The van der Waals surface area contributed by atoms with E-state index in [1.165, 1.54) is 0 Å². The monoisotopic (exact) mass is 555 g/mol. The first-order chi connectivity index (χ1) is 19.7. The summed E-state index contributed by atoms with van der Waals surface area (Å²) < 4.78 is 17.4. The lowest BCUT2D eigenvalue weighted by Gasteiger charge is -2.21. The van der Waals surface area contributed by atoms with Crippen molar-refractivity contribution < 1.29 is 19.0 Å². The lowest BCUT2D eigenvalue weighted by Crippen LogP contribution is -2.21. The van der Waals surface area contributed by atoms with Crippen molar-refractivity contribution in [3.05, 3.63) is 71.9 Å². The first kappa shape index (κ1) is 28.2. The Morgan fingerprint density at radius 1 is 0.976 bits per heavy atom. The summed E-state index contributed by atoms with van der Waals surface area (Å²) in [5.74, 6) is 2.14. The van der Waals surface area contributed by atoms with Gasteiger partial charge in [-0.2, -0.15) is 4.98 Å². The van der Waals surface area contributed by atoms with Crippen LogP contribution < -0.4 is 25.4 Å². The van der Waals surface area contributed by atoms with Crippen molar-refractivity contribution in [2.75, 3.05) is 36.2 Å². The molecule has 9 heteroatoms. The molecule has 2 heterocycles. The van der Waals surface area contributed by atoms with Gasteiger partial charge in [0.25, 0.3) is 0 Å². The summed E-state index contributed by atoms with van der Waals surface area (Å²) >= 11 is 0. The fourth-order valence-corrected chi connectivity index (χ4v) is 4.81. The summed E-state index contributed by atoms with van der Waals surface area (Å²) in [5, 5.41) is 10.9. The number of carbonyl (C=O) groups is 1. The molecular formula is C32H37N5O4. The van der Waals surface area contributed by atoms with Crippen LogP contribution >= 0.6 is 0 Å². The number of nitrogens with one attached hydrogen (secondary N) is 3. The Morgan fingerprint density at radius 2 is 1.73 bits per heavy atom. The second kappa shape index (κ2) is 12.0. The minimum Gasteiger partial charge on any atom is -0.495 e. The van der Waals surface area contributed by atoms with Gasteiger partial charge in [0, 0.05) is 35.7 Å². The maximum absolute atomic E-state index is 13.1. The third-order valence-corrected chi connectivity index (χ3v) is 7.00. The minimum atomic E-state index is -0.374. The Labute approximate surface area is 240 Å². The number of amides is 2. The third kappa shape index (κ3) is 6.86. The van der Waals surface area contributed by atoms with Crippen molar-refractivity contribution in [3.63, 3.8) is 0 Å². The number of hydrogen-bond acceptors (Lipinski definition) is 7. The van der Waals surface area contributed by atoms with Crippen LogP contribution in [0.15, 0.2) is 60.7 Å². The van der Waals surface area contributed by atoms with Gasteiger partial charge in [0.05, 0.1) is 24.6 Å². The number of benzene rings is 3. The molecule has 1 aromatic heterocycles. The fourth-order valence-electron chi connectivity index (χ4n) is 4.81. The molecule has 1 unspecified atom stereocenters. The summed E-state index contributed by atoms with van der Waals surface area (Å²) in [5.41, 5.74) is 3.05. The van der Waals surface area contributed by atoms with Crippen LogP contribution in [0.25, 0.3) is 10.8 Å². The summed E-state index contributed by atoms with van der Waals surface area (Å²) in [7, 11) is 1.59. The smallest absolute Gasteiger partial charge is 0.323 e. The van der Waals surface area contributed by atoms with Crippen molar-refractivity contribution >= 4 is 34.1 Å². The number of aromatic nitrogens is 2. The molecular weight excluding hydrogens is 518 g/mol. The first-order valence-corrected chi connectivity index (χ1v) is 13.9. The molecule has 0 spiro atoms. The van der Waals surface area contributed by atoms with Crippen LogP contribution in [0.4, 0.5) is 22.1 Å². The van der Waals surface area contributed by atoms with Crippen molar-refractivity contribution in [2.45, 2.75) is 52.1 Å². The molecule has 41 heavy (non-hydrogen) atoms. The Balaban J connectivity index is 1.35. The van der Waals surface area contributed by atoms with Gasteiger partial charge in [-0.25, -0.2) is 9.78 Å². The van der Waals surface area contributed by atoms with E-state index in [2.05, 4.69) is 46.7 Å². The summed E-state index contributed by atoms with van der Waals surface area (Å²) in [4.78, 5) is 22.2. The van der Waals surface area contributed by atoms with E-state index < -0.39 is 0 Å². The van der Waals surface area contributed by atoms with Crippen LogP contribution in [-0.2, 0) is 10.2 Å². The second-order valence-electron chi connectivity index (χ2n) is 11.2.